The first-order valence-corrected chi connectivity index (χ1v) is 3.83. The third-order valence-corrected chi connectivity index (χ3v) is 1.80. The summed E-state index contributed by atoms with van der Waals surface area (Å²) in [6.45, 7) is 2.11. The van der Waals surface area contributed by atoms with Gasteiger partial charge in [-0.1, -0.05) is 6.92 Å². The van der Waals surface area contributed by atoms with Crippen molar-refractivity contribution in [1.29, 1.82) is 0 Å². The molecule has 2 heteroatoms. The fourth-order valence-corrected chi connectivity index (χ4v) is 1.15. The Balaban J connectivity index is 2.67. The van der Waals surface area contributed by atoms with E-state index in [0.29, 0.717) is 0 Å². The van der Waals surface area contributed by atoms with E-state index in [-0.39, 0.29) is 0 Å². The summed E-state index contributed by atoms with van der Waals surface area (Å²) in [7, 11) is 0. The van der Waals surface area contributed by atoms with Crippen molar-refractivity contribution in [1.82, 2.24) is 9.61 Å². The molecule has 0 N–H and O–H groups in total. The van der Waals surface area contributed by atoms with Crippen LogP contribution in [0.5, 0.6) is 0 Å². The Hall–Kier alpha value is -1.31. The van der Waals surface area contributed by atoms with Crippen LogP contribution in [0.4, 0.5) is 0 Å². The number of hydrogen-bond acceptors (Lipinski definition) is 1. The summed E-state index contributed by atoms with van der Waals surface area (Å²) in [5.41, 5.74) is 2.29. The minimum atomic E-state index is 0.994. The highest BCUT2D eigenvalue weighted by Gasteiger charge is 1.93. The first kappa shape index (κ1) is 6.40. The topological polar surface area (TPSA) is 17.3 Å². The highest BCUT2D eigenvalue weighted by atomic mass is 15.2. The van der Waals surface area contributed by atoms with E-state index in [1.54, 1.807) is 0 Å². The molecule has 0 amide bonds. The predicted octanol–water partition coefficient (Wildman–Crippen LogP) is 1.90. The molecule has 56 valence electrons. The second kappa shape index (κ2) is 2.38. The summed E-state index contributed by atoms with van der Waals surface area (Å²) >= 11 is 0. The van der Waals surface area contributed by atoms with Gasteiger partial charge < -0.3 is 0 Å². The first-order chi connectivity index (χ1) is 5.40. The molecular weight excluding hydrogens is 136 g/mol. The Morgan fingerprint density at radius 1 is 1.36 bits per heavy atom. The molecule has 0 aliphatic heterocycles. The van der Waals surface area contributed by atoms with E-state index in [9.17, 15) is 0 Å². The van der Waals surface area contributed by atoms with Crippen molar-refractivity contribution in [3.05, 3.63) is 36.2 Å². The lowest BCUT2D eigenvalue weighted by Gasteiger charge is -1.96. The molecular formula is C9H10N2. The predicted molar refractivity (Wildman–Crippen MR) is 44.6 cm³/mol. The fourth-order valence-electron chi connectivity index (χ4n) is 1.15. The summed E-state index contributed by atoms with van der Waals surface area (Å²) in [4.78, 5) is 0. The zero-order chi connectivity index (χ0) is 7.68. The van der Waals surface area contributed by atoms with Gasteiger partial charge in [-0.2, -0.15) is 5.10 Å². The minimum Gasteiger partial charge on any atom is -0.241 e. The Kier molecular flexibility index (Phi) is 1.39. The van der Waals surface area contributed by atoms with Crippen LogP contribution in [0.2, 0.25) is 0 Å². The quantitative estimate of drug-likeness (QED) is 0.600. The minimum absolute atomic E-state index is 0.994. The maximum Gasteiger partial charge on any atom is 0.0646 e. The highest BCUT2D eigenvalue weighted by molar-refractivity contribution is 5.45. The van der Waals surface area contributed by atoms with Gasteiger partial charge in [0, 0.05) is 6.20 Å². The third-order valence-electron chi connectivity index (χ3n) is 1.80. The molecule has 0 aromatic carbocycles. The zero-order valence-corrected chi connectivity index (χ0v) is 6.49. The van der Waals surface area contributed by atoms with Crippen molar-refractivity contribution in [2.24, 2.45) is 0 Å². The number of nitrogens with zero attached hydrogens (tertiary/aromatic N) is 2. The molecule has 0 unspecified atom stereocenters. The molecule has 0 aliphatic carbocycles. The van der Waals surface area contributed by atoms with Crippen LogP contribution in [0.15, 0.2) is 30.5 Å². The monoisotopic (exact) mass is 146 g/mol. The van der Waals surface area contributed by atoms with Crippen molar-refractivity contribution in [2.45, 2.75) is 13.3 Å². The molecule has 0 saturated heterocycles. The van der Waals surface area contributed by atoms with Crippen LogP contribution in [0.3, 0.4) is 0 Å². The van der Waals surface area contributed by atoms with E-state index in [2.05, 4.69) is 24.2 Å². The summed E-state index contributed by atoms with van der Waals surface area (Å²) in [6, 6.07) is 8.20. The van der Waals surface area contributed by atoms with E-state index in [1.165, 1.54) is 0 Å². The number of rotatable bonds is 1. The van der Waals surface area contributed by atoms with Gasteiger partial charge in [-0.25, -0.2) is 4.52 Å². The van der Waals surface area contributed by atoms with Gasteiger partial charge in [0.15, 0.2) is 0 Å². The Labute approximate surface area is 65.5 Å². The summed E-state index contributed by atoms with van der Waals surface area (Å²) in [5.74, 6) is 0. The summed E-state index contributed by atoms with van der Waals surface area (Å²) in [6.07, 6.45) is 2.96. The number of aromatic nitrogens is 2. The Bertz CT molecular complexity index is 362. The largest absolute Gasteiger partial charge is 0.241 e. The summed E-state index contributed by atoms with van der Waals surface area (Å²) < 4.78 is 1.90. The van der Waals surface area contributed by atoms with E-state index in [1.807, 2.05) is 22.8 Å². The van der Waals surface area contributed by atoms with Gasteiger partial charge in [-0.05, 0) is 30.7 Å². The molecule has 0 atom stereocenters. The lowest BCUT2D eigenvalue weighted by Crippen LogP contribution is -1.93. The van der Waals surface area contributed by atoms with Crippen molar-refractivity contribution in [3.63, 3.8) is 0 Å². The van der Waals surface area contributed by atoms with Gasteiger partial charge in [0.25, 0.3) is 0 Å². The third kappa shape index (κ3) is 1.00. The Morgan fingerprint density at radius 2 is 2.27 bits per heavy atom. The molecule has 2 heterocycles. The Morgan fingerprint density at radius 3 is 3.09 bits per heavy atom. The number of hydrogen-bond donors (Lipinski definition) is 0. The average molecular weight is 146 g/mol. The van der Waals surface area contributed by atoms with Crippen LogP contribution in [0.1, 0.15) is 12.6 Å². The maximum absolute atomic E-state index is 4.37. The SMILES string of the molecule is CCc1ccc2cccn2n1. The number of fused-ring (bicyclic) bond motifs is 1. The van der Waals surface area contributed by atoms with Gasteiger partial charge in [-0.3, -0.25) is 0 Å². The number of aryl methyl sites for hydroxylation is 1. The zero-order valence-electron chi connectivity index (χ0n) is 6.49. The van der Waals surface area contributed by atoms with E-state index in [0.717, 1.165) is 17.6 Å². The van der Waals surface area contributed by atoms with E-state index in [4.69, 9.17) is 0 Å². The molecule has 0 radical (unpaired) electrons. The van der Waals surface area contributed by atoms with Crippen molar-refractivity contribution >= 4 is 5.52 Å². The van der Waals surface area contributed by atoms with Crippen molar-refractivity contribution in [3.8, 4) is 0 Å². The highest BCUT2D eigenvalue weighted by Crippen LogP contribution is 2.03. The van der Waals surface area contributed by atoms with Crippen LogP contribution in [-0.4, -0.2) is 9.61 Å². The molecule has 2 aromatic rings. The molecule has 0 saturated carbocycles. The molecule has 11 heavy (non-hydrogen) atoms. The molecule has 2 rings (SSSR count). The van der Waals surface area contributed by atoms with E-state index >= 15 is 0 Å². The van der Waals surface area contributed by atoms with Crippen molar-refractivity contribution in [2.75, 3.05) is 0 Å². The van der Waals surface area contributed by atoms with Gasteiger partial charge in [0.05, 0.1) is 11.2 Å². The van der Waals surface area contributed by atoms with Crippen molar-refractivity contribution < 1.29 is 0 Å². The molecule has 2 aromatic heterocycles. The van der Waals surface area contributed by atoms with Gasteiger partial charge >= 0.3 is 0 Å². The van der Waals surface area contributed by atoms with E-state index < -0.39 is 0 Å². The molecule has 0 spiro atoms. The summed E-state index contributed by atoms with van der Waals surface area (Å²) in [5, 5.41) is 4.37. The van der Waals surface area contributed by atoms with Crippen LogP contribution in [0, 0.1) is 0 Å². The lowest BCUT2D eigenvalue weighted by molar-refractivity contribution is 0.865. The molecule has 0 fully saturated rings. The molecule has 0 bridgehead atoms. The van der Waals surface area contributed by atoms with Crippen LogP contribution in [-0.2, 0) is 6.42 Å². The normalized spacial score (nSPS) is 10.6. The lowest BCUT2D eigenvalue weighted by atomic mass is 10.3. The van der Waals surface area contributed by atoms with Gasteiger partial charge in [0.1, 0.15) is 0 Å². The first-order valence-electron chi connectivity index (χ1n) is 3.83. The molecule has 0 aliphatic rings. The fraction of sp³-hybridized carbons (Fsp3) is 0.222. The molecule has 2 nitrogen and oxygen atoms in total. The van der Waals surface area contributed by atoms with Crippen LogP contribution < -0.4 is 0 Å². The average Bonchev–Trinajstić information content (AvgIpc) is 2.50. The van der Waals surface area contributed by atoms with Gasteiger partial charge in [-0.15, -0.1) is 0 Å². The smallest absolute Gasteiger partial charge is 0.0646 e. The van der Waals surface area contributed by atoms with Crippen LogP contribution in [0.25, 0.3) is 5.52 Å². The van der Waals surface area contributed by atoms with Crippen LogP contribution >= 0.6 is 0 Å². The second-order valence-electron chi connectivity index (χ2n) is 2.56. The van der Waals surface area contributed by atoms with Gasteiger partial charge in [0.2, 0.25) is 0 Å². The maximum atomic E-state index is 4.37. The standard InChI is InChI=1S/C9H10N2/c1-2-8-5-6-9-4-3-7-11(9)10-8/h3-7H,2H2,1H3. The second-order valence-corrected chi connectivity index (χ2v) is 2.56.